The summed E-state index contributed by atoms with van der Waals surface area (Å²) in [5, 5.41) is 0. The minimum atomic E-state index is 0.679. The third-order valence-corrected chi connectivity index (χ3v) is 4.02. The molecule has 2 aromatic carbocycles. The quantitative estimate of drug-likeness (QED) is 0.787. The Labute approximate surface area is 120 Å². The first-order valence-electron chi connectivity index (χ1n) is 7.16. The monoisotopic (exact) mass is 264 g/mol. The number of hydrogen-bond acceptors (Lipinski definition) is 1. The van der Waals surface area contributed by atoms with E-state index in [9.17, 15) is 0 Å². The molecule has 1 aliphatic carbocycles. The van der Waals surface area contributed by atoms with E-state index in [0.29, 0.717) is 6.61 Å². The van der Waals surface area contributed by atoms with Crippen molar-refractivity contribution in [2.45, 2.75) is 19.8 Å². The van der Waals surface area contributed by atoms with Crippen molar-refractivity contribution >= 4 is 5.57 Å². The molecule has 0 N–H and O–H groups in total. The highest BCUT2D eigenvalue weighted by atomic mass is 16.5. The van der Waals surface area contributed by atoms with Gasteiger partial charge in [-0.2, -0.15) is 0 Å². The standard InChI is InChI=1S/C19H20O/c1-14(13-20-2)19-17-9-5-3-7-15(17)11-12-16-8-4-6-10-18(16)19/h3-10H,11-13H2,1-2H3. The molecule has 0 saturated heterocycles. The van der Waals surface area contributed by atoms with Crippen LogP contribution in [0.5, 0.6) is 0 Å². The van der Waals surface area contributed by atoms with Gasteiger partial charge in [0.25, 0.3) is 0 Å². The summed E-state index contributed by atoms with van der Waals surface area (Å²) in [7, 11) is 1.76. The van der Waals surface area contributed by atoms with Gasteiger partial charge in [-0.25, -0.2) is 0 Å². The van der Waals surface area contributed by atoms with Crippen LogP contribution < -0.4 is 0 Å². The van der Waals surface area contributed by atoms with Crippen LogP contribution in [-0.2, 0) is 17.6 Å². The van der Waals surface area contributed by atoms with E-state index in [0.717, 1.165) is 12.8 Å². The fourth-order valence-corrected chi connectivity index (χ4v) is 3.13. The Hall–Kier alpha value is -1.86. The summed E-state index contributed by atoms with van der Waals surface area (Å²) >= 11 is 0. The first-order valence-corrected chi connectivity index (χ1v) is 7.16. The fourth-order valence-electron chi connectivity index (χ4n) is 3.13. The average molecular weight is 264 g/mol. The van der Waals surface area contributed by atoms with Crippen LogP contribution in [0.2, 0.25) is 0 Å². The zero-order valence-electron chi connectivity index (χ0n) is 12.1. The number of aryl methyl sites for hydroxylation is 2. The summed E-state index contributed by atoms with van der Waals surface area (Å²) in [4.78, 5) is 0. The minimum Gasteiger partial charge on any atom is -0.380 e. The van der Waals surface area contributed by atoms with E-state index in [2.05, 4.69) is 55.5 Å². The largest absolute Gasteiger partial charge is 0.380 e. The number of methoxy groups -OCH3 is 1. The van der Waals surface area contributed by atoms with Crippen molar-refractivity contribution in [2.75, 3.05) is 13.7 Å². The highest BCUT2D eigenvalue weighted by Gasteiger charge is 2.19. The number of fused-ring (bicyclic) bond motifs is 2. The maximum atomic E-state index is 5.37. The fraction of sp³-hybridized carbons (Fsp3) is 0.263. The number of benzene rings is 2. The van der Waals surface area contributed by atoms with Crippen molar-refractivity contribution in [3.63, 3.8) is 0 Å². The Morgan fingerprint density at radius 3 is 1.90 bits per heavy atom. The van der Waals surface area contributed by atoms with Gasteiger partial charge in [0.05, 0.1) is 6.61 Å². The van der Waals surface area contributed by atoms with Crippen LogP contribution >= 0.6 is 0 Å². The molecule has 1 aliphatic rings. The van der Waals surface area contributed by atoms with Gasteiger partial charge in [0.15, 0.2) is 0 Å². The smallest absolute Gasteiger partial charge is 0.0679 e. The molecule has 0 aliphatic heterocycles. The maximum absolute atomic E-state index is 5.37. The Balaban J connectivity index is 2.27. The molecule has 0 spiro atoms. The number of rotatable bonds is 2. The molecule has 0 radical (unpaired) electrons. The molecule has 0 bridgehead atoms. The molecule has 0 amide bonds. The molecule has 20 heavy (non-hydrogen) atoms. The highest BCUT2D eigenvalue weighted by Crippen LogP contribution is 2.35. The minimum absolute atomic E-state index is 0.679. The summed E-state index contributed by atoms with van der Waals surface area (Å²) in [5.41, 5.74) is 8.27. The van der Waals surface area contributed by atoms with Crippen LogP contribution in [-0.4, -0.2) is 13.7 Å². The molecule has 2 aromatic rings. The highest BCUT2D eigenvalue weighted by molar-refractivity contribution is 5.85. The molecule has 0 saturated carbocycles. The maximum Gasteiger partial charge on any atom is 0.0679 e. The van der Waals surface area contributed by atoms with Gasteiger partial charge in [0.2, 0.25) is 0 Å². The first kappa shape index (κ1) is 13.1. The van der Waals surface area contributed by atoms with Gasteiger partial charge in [-0.15, -0.1) is 0 Å². The lowest BCUT2D eigenvalue weighted by Crippen LogP contribution is -2.00. The number of hydrogen-bond donors (Lipinski definition) is 0. The van der Waals surface area contributed by atoms with E-state index >= 15 is 0 Å². The Kier molecular flexibility index (Phi) is 3.70. The zero-order chi connectivity index (χ0) is 13.9. The van der Waals surface area contributed by atoms with Crippen LogP contribution in [0.25, 0.3) is 5.57 Å². The van der Waals surface area contributed by atoms with Crippen LogP contribution in [0.15, 0.2) is 54.1 Å². The topological polar surface area (TPSA) is 9.23 Å². The van der Waals surface area contributed by atoms with Gasteiger partial charge in [0, 0.05) is 7.11 Å². The first-order chi connectivity index (χ1) is 9.81. The third kappa shape index (κ3) is 2.30. The Morgan fingerprint density at radius 2 is 1.40 bits per heavy atom. The van der Waals surface area contributed by atoms with Gasteiger partial charge in [-0.3, -0.25) is 0 Å². The molecule has 1 nitrogen and oxygen atoms in total. The summed E-state index contributed by atoms with van der Waals surface area (Å²) in [6, 6.07) is 17.5. The molecule has 0 fully saturated rings. The van der Waals surface area contributed by atoms with Gasteiger partial charge in [-0.1, -0.05) is 48.5 Å². The van der Waals surface area contributed by atoms with Gasteiger partial charge >= 0.3 is 0 Å². The van der Waals surface area contributed by atoms with E-state index < -0.39 is 0 Å². The molecule has 3 rings (SSSR count). The lowest BCUT2D eigenvalue weighted by atomic mass is 9.90. The molecule has 0 unspecified atom stereocenters. The van der Waals surface area contributed by atoms with E-state index in [-0.39, 0.29) is 0 Å². The molecular formula is C19H20O. The number of ether oxygens (including phenoxy) is 1. The molecule has 1 heteroatoms. The van der Waals surface area contributed by atoms with E-state index in [1.807, 2.05) is 0 Å². The summed E-state index contributed by atoms with van der Waals surface area (Å²) in [6.07, 6.45) is 2.22. The van der Waals surface area contributed by atoms with Crippen molar-refractivity contribution in [2.24, 2.45) is 0 Å². The van der Waals surface area contributed by atoms with Gasteiger partial charge in [0.1, 0.15) is 0 Å². The summed E-state index contributed by atoms with van der Waals surface area (Å²) in [5.74, 6) is 0. The summed E-state index contributed by atoms with van der Waals surface area (Å²) < 4.78 is 5.37. The van der Waals surface area contributed by atoms with Gasteiger partial charge < -0.3 is 4.74 Å². The third-order valence-electron chi connectivity index (χ3n) is 4.02. The second-order valence-corrected chi connectivity index (χ2v) is 5.40. The Morgan fingerprint density at radius 1 is 0.900 bits per heavy atom. The predicted octanol–water partition coefficient (Wildman–Crippen LogP) is 4.25. The molecule has 102 valence electrons. The molecule has 0 aromatic heterocycles. The van der Waals surface area contributed by atoms with Crippen LogP contribution in [0.1, 0.15) is 29.2 Å². The van der Waals surface area contributed by atoms with Crippen LogP contribution in [0.3, 0.4) is 0 Å². The molecule has 0 atom stereocenters. The van der Waals surface area contributed by atoms with E-state index in [1.165, 1.54) is 33.4 Å². The van der Waals surface area contributed by atoms with E-state index in [1.54, 1.807) is 7.11 Å². The van der Waals surface area contributed by atoms with Crippen LogP contribution in [0, 0.1) is 0 Å². The van der Waals surface area contributed by atoms with Crippen molar-refractivity contribution in [3.05, 3.63) is 76.4 Å². The molecular weight excluding hydrogens is 244 g/mol. The lowest BCUT2D eigenvalue weighted by Gasteiger charge is -2.15. The second kappa shape index (κ2) is 5.64. The van der Waals surface area contributed by atoms with Crippen LogP contribution in [0.4, 0.5) is 0 Å². The van der Waals surface area contributed by atoms with Crippen molar-refractivity contribution < 1.29 is 4.74 Å². The Bertz CT molecular complexity index is 603. The zero-order valence-corrected chi connectivity index (χ0v) is 12.1. The van der Waals surface area contributed by atoms with Crippen molar-refractivity contribution in [1.82, 2.24) is 0 Å². The van der Waals surface area contributed by atoms with Crippen molar-refractivity contribution in [3.8, 4) is 0 Å². The normalized spacial score (nSPS) is 13.4. The lowest BCUT2D eigenvalue weighted by molar-refractivity contribution is 0.226. The van der Waals surface area contributed by atoms with Crippen molar-refractivity contribution in [1.29, 1.82) is 0 Å². The molecule has 0 heterocycles. The summed E-state index contributed by atoms with van der Waals surface area (Å²) in [6.45, 7) is 2.86. The second-order valence-electron chi connectivity index (χ2n) is 5.40. The van der Waals surface area contributed by atoms with Gasteiger partial charge in [-0.05, 0) is 53.2 Å². The predicted molar refractivity (Wildman–Crippen MR) is 83.9 cm³/mol. The SMILES string of the molecule is COCC(C)=C1c2ccccc2CCc2ccccc21. The average Bonchev–Trinajstić information content (AvgIpc) is 2.64. The van der Waals surface area contributed by atoms with E-state index in [4.69, 9.17) is 4.74 Å².